The van der Waals surface area contributed by atoms with E-state index in [9.17, 15) is 9.59 Å². The van der Waals surface area contributed by atoms with E-state index < -0.39 is 23.5 Å². The van der Waals surface area contributed by atoms with Crippen LogP contribution >= 0.6 is 0 Å². The third kappa shape index (κ3) is 8.42. The summed E-state index contributed by atoms with van der Waals surface area (Å²) in [5.41, 5.74) is 4.71. The first-order chi connectivity index (χ1) is 8.69. The van der Waals surface area contributed by atoms with Crippen molar-refractivity contribution in [2.24, 2.45) is 11.7 Å². The van der Waals surface area contributed by atoms with Gasteiger partial charge in [0.2, 0.25) is 5.91 Å². The van der Waals surface area contributed by atoms with Crippen molar-refractivity contribution < 1.29 is 19.4 Å². The summed E-state index contributed by atoms with van der Waals surface area (Å²) in [5.74, 6) is -0.900. The third-order valence-corrected chi connectivity index (χ3v) is 2.66. The normalized spacial score (nSPS) is 14.6. The molecule has 0 aromatic carbocycles. The highest BCUT2D eigenvalue weighted by atomic mass is 16.6. The van der Waals surface area contributed by atoms with Crippen molar-refractivity contribution in [1.29, 1.82) is 0 Å². The van der Waals surface area contributed by atoms with Gasteiger partial charge in [0.05, 0.1) is 0 Å². The summed E-state index contributed by atoms with van der Waals surface area (Å²) in [6.07, 6.45) is 0.869. The Hall–Kier alpha value is -1.30. The fourth-order valence-corrected chi connectivity index (χ4v) is 1.68. The standard InChI is InChI=1S/C13H26N2O4/c1-5-10(8-9(6-7-16)11(14)17)15-12(18)19-13(2,3)4/h9-10,16H,5-8H2,1-4H3,(H2,14,17)(H,15,18)/t9?,10-/m1/s1. The molecule has 0 spiro atoms. The maximum Gasteiger partial charge on any atom is 0.407 e. The predicted molar refractivity (Wildman–Crippen MR) is 72.5 cm³/mol. The lowest BCUT2D eigenvalue weighted by Crippen LogP contribution is -2.41. The third-order valence-electron chi connectivity index (χ3n) is 2.66. The van der Waals surface area contributed by atoms with Gasteiger partial charge < -0.3 is 20.9 Å². The highest BCUT2D eigenvalue weighted by Crippen LogP contribution is 2.14. The Morgan fingerprint density at radius 3 is 2.32 bits per heavy atom. The molecule has 0 bridgehead atoms. The molecule has 112 valence electrons. The van der Waals surface area contributed by atoms with E-state index in [2.05, 4.69) is 5.32 Å². The molecule has 0 saturated heterocycles. The van der Waals surface area contributed by atoms with Gasteiger partial charge in [0, 0.05) is 18.6 Å². The molecule has 0 aliphatic carbocycles. The molecule has 0 aromatic rings. The van der Waals surface area contributed by atoms with Crippen LogP contribution in [0.15, 0.2) is 0 Å². The van der Waals surface area contributed by atoms with Crippen molar-refractivity contribution in [3.8, 4) is 0 Å². The maximum absolute atomic E-state index is 11.6. The number of amides is 2. The van der Waals surface area contributed by atoms with Crippen molar-refractivity contribution in [3.63, 3.8) is 0 Å². The molecule has 0 aliphatic rings. The number of hydrogen-bond acceptors (Lipinski definition) is 4. The Balaban J connectivity index is 4.41. The fraction of sp³-hybridized carbons (Fsp3) is 0.846. The number of carbonyl (C=O) groups excluding carboxylic acids is 2. The zero-order valence-corrected chi connectivity index (χ0v) is 12.2. The maximum atomic E-state index is 11.6. The largest absolute Gasteiger partial charge is 0.444 e. The van der Waals surface area contributed by atoms with Crippen LogP contribution < -0.4 is 11.1 Å². The summed E-state index contributed by atoms with van der Waals surface area (Å²) in [4.78, 5) is 22.9. The number of nitrogens with one attached hydrogen (secondary N) is 1. The van der Waals surface area contributed by atoms with Crippen molar-refractivity contribution in [2.45, 2.75) is 58.6 Å². The first-order valence-electron chi connectivity index (χ1n) is 6.59. The van der Waals surface area contributed by atoms with Crippen LogP contribution in [0.5, 0.6) is 0 Å². The van der Waals surface area contributed by atoms with E-state index in [0.717, 1.165) is 0 Å². The lowest BCUT2D eigenvalue weighted by molar-refractivity contribution is -0.122. The second kappa shape index (κ2) is 7.99. The van der Waals surface area contributed by atoms with Crippen LogP contribution in [0.3, 0.4) is 0 Å². The molecule has 0 aromatic heterocycles. The number of hydrogen-bond donors (Lipinski definition) is 3. The number of primary amides is 1. The predicted octanol–water partition coefficient (Wildman–Crippen LogP) is 1.16. The molecule has 2 atom stereocenters. The number of carbonyl (C=O) groups is 2. The zero-order chi connectivity index (χ0) is 15.1. The Morgan fingerprint density at radius 1 is 1.37 bits per heavy atom. The van der Waals surface area contributed by atoms with Crippen LogP contribution in [0.1, 0.15) is 47.0 Å². The van der Waals surface area contributed by atoms with E-state index in [1.165, 1.54) is 0 Å². The average Bonchev–Trinajstić information content (AvgIpc) is 2.24. The fourth-order valence-electron chi connectivity index (χ4n) is 1.68. The Labute approximate surface area is 114 Å². The molecular formula is C13H26N2O4. The molecule has 2 amide bonds. The summed E-state index contributed by atoms with van der Waals surface area (Å²) in [7, 11) is 0. The number of aliphatic hydroxyl groups is 1. The quantitative estimate of drug-likeness (QED) is 0.648. The van der Waals surface area contributed by atoms with E-state index in [1.807, 2.05) is 6.92 Å². The van der Waals surface area contributed by atoms with E-state index in [1.54, 1.807) is 20.8 Å². The molecule has 0 rings (SSSR count). The van der Waals surface area contributed by atoms with Crippen molar-refractivity contribution >= 4 is 12.0 Å². The monoisotopic (exact) mass is 274 g/mol. The highest BCUT2D eigenvalue weighted by molar-refractivity contribution is 5.76. The van der Waals surface area contributed by atoms with Crippen molar-refractivity contribution in [2.75, 3.05) is 6.61 Å². The molecular weight excluding hydrogens is 248 g/mol. The molecule has 4 N–H and O–H groups in total. The van der Waals surface area contributed by atoms with Gasteiger partial charge in [-0.05, 0) is 40.0 Å². The Morgan fingerprint density at radius 2 is 1.95 bits per heavy atom. The summed E-state index contributed by atoms with van der Waals surface area (Å²) in [5, 5.41) is 11.6. The van der Waals surface area contributed by atoms with Crippen molar-refractivity contribution in [3.05, 3.63) is 0 Å². The Kier molecular flexibility index (Phi) is 7.44. The van der Waals surface area contributed by atoms with Gasteiger partial charge in [-0.2, -0.15) is 0 Å². The molecule has 1 unspecified atom stereocenters. The second-order valence-corrected chi connectivity index (χ2v) is 5.60. The minimum Gasteiger partial charge on any atom is -0.444 e. The first kappa shape index (κ1) is 17.7. The smallest absolute Gasteiger partial charge is 0.407 e. The van der Waals surface area contributed by atoms with Gasteiger partial charge in [-0.1, -0.05) is 6.92 Å². The summed E-state index contributed by atoms with van der Waals surface area (Å²) >= 11 is 0. The summed E-state index contributed by atoms with van der Waals surface area (Å²) < 4.78 is 5.16. The van der Waals surface area contributed by atoms with Crippen LogP contribution in [-0.4, -0.2) is 35.4 Å². The molecule has 0 radical (unpaired) electrons. The molecule has 0 fully saturated rings. The van der Waals surface area contributed by atoms with E-state index >= 15 is 0 Å². The first-order valence-corrected chi connectivity index (χ1v) is 6.59. The van der Waals surface area contributed by atoms with Gasteiger partial charge >= 0.3 is 6.09 Å². The van der Waals surface area contributed by atoms with Gasteiger partial charge in [-0.15, -0.1) is 0 Å². The summed E-state index contributed by atoms with van der Waals surface area (Å²) in [6, 6.07) is -0.195. The lowest BCUT2D eigenvalue weighted by atomic mass is 9.95. The van der Waals surface area contributed by atoms with Crippen LogP contribution in [0.4, 0.5) is 4.79 Å². The van der Waals surface area contributed by atoms with Gasteiger partial charge in [0.25, 0.3) is 0 Å². The Bertz CT molecular complexity index is 300. The molecule has 0 saturated carbocycles. The minimum absolute atomic E-state index is 0.101. The van der Waals surface area contributed by atoms with Gasteiger partial charge in [-0.3, -0.25) is 4.79 Å². The van der Waals surface area contributed by atoms with Crippen LogP contribution in [0.25, 0.3) is 0 Å². The van der Waals surface area contributed by atoms with E-state index in [4.69, 9.17) is 15.6 Å². The lowest BCUT2D eigenvalue weighted by Gasteiger charge is -2.24. The average molecular weight is 274 g/mol. The zero-order valence-electron chi connectivity index (χ0n) is 12.2. The summed E-state index contributed by atoms with van der Waals surface area (Å²) in [6.45, 7) is 7.15. The highest BCUT2D eigenvalue weighted by Gasteiger charge is 2.23. The van der Waals surface area contributed by atoms with Gasteiger partial charge in [-0.25, -0.2) is 4.79 Å². The molecule has 0 heterocycles. The topological polar surface area (TPSA) is 102 Å². The van der Waals surface area contributed by atoms with Crippen LogP contribution in [0.2, 0.25) is 0 Å². The van der Waals surface area contributed by atoms with Crippen LogP contribution in [-0.2, 0) is 9.53 Å². The number of alkyl carbamates (subject to hydrolysis) is 1. The number of nitrogens with two attached hydrogens (primary N) is 1. The number of ether oxygens (including phenoxy) is 1. The number of rotatable bonds is 7. The molecule has 6 nitrogen and oxygen atoms in total. The molecule has 19 heavy (non-hydrogen) atoms. The van der Waals surface area contributed by atoms with Crippen LogP contribution in [0, 0.1) is 5.92 Å². The number of aliphatic hydroxyl groups excluding tert-OH is 1. The van der Waals surface area contributed by atoms with E-state index in [-0.39, 0.29) is 12.6 Å². The van der Waals surface area contributed by atoms with Gasteiger partial charge in [0.1, 0.15) is 5.60 Å². The van der Waals surface area contributed by atoms with Gasteiger partial charge in [0.15, 0.2) is 0 Å². The SMILES string of the molecule is CC[C@H](CC(CCO)C(N)=O)NC(=O)OC(C)(C)C. The molecule has 0 aliphatic heterocycles. The minimum atomic E-state index is -0.559. The van der Waals surface area contributed by atoms with E-state index in [0.29, 0.717) is 19.3 Å². The van der Waals surface area contributed by atoms with Crippen molar-refractivity contribution in [1.82, 2.24) is 5.32 Å². The molecule has 6 heteroatoms. The second-order valence-electron chi connectivity index (χ2n) is 5.60.